The van der Waals surface area contributed by atoms with E-state index >= 15 is 0 Å². The van der Waals surface area contributed by atoms with Gasteiger partial charge >= 0.3 is 17.9 Å². The number of carbonyl (C=O) groups excluding carboxylic acids is 3. The number of ether oxygens (including phenoxy) is 3. The van der Waals surface area contributed by atoms with Gasteiger partial charge in [-0.05, 0) is 135 Å². The predicted molar refractivity (Wildman–Crippen MR) is 343 cm³/mol. The summed E-state index contributed by atoms with van der Waals surface area (Å²) in [5.74, 6) is -0.939. The predicted octanol–water partition coefficient (Wildman–Crippen LogP) is 22.5. The average molecular weight is 1090 g/mol. The molecular formula is C73H120O6. The van der Waals surface area contributed by atoms with Crippen LogP contribution in [0.1, 0.15) is 290 Å². The lowest BCUT2D eigenvalue weighted by atomic mass is 10.1. The molecule has 0 fully saturated rings. The highest BCUT2D eigenvalue weighted by Crippen LogP contribution is 2.15. The summed E-state index contributed by atoms with van der Waals surface area (Å²) in [6, 6.07) is 0. The van der Waals surface area contributed by atoms with Crippen molar-refractivity contribution in [3.05, 3.63) is 134 Å². The van der Waals surface area contributed by atoms with Crippen molar-refractivity contribution in [3.63, 3.8) is 0 Å². The summed E-state index contributed by atoms with van der Waals surface area (Å²) in [4.78, 5) is 38.4. The van der Waals surface area contributed by atoms with Gasteiger partial charge in [-0.25, -0.2) is 0 Å². The second kappa shape index (κ2) is 66.1. The molecule has 0 heterocycles. The lowest BCUT2D eigenvalue weighted by Gasteiger charge is -2.18. The van der Waals surface area contributed by atoms with Gasteiger partial charge in [-0.1, -0.05) is 270 Å². The van der Waals surface area contributed by atoms with Crippen LogP contribution in [0, 0.1) is 0 Å². The van der Waals surface area contributed by atoms with Crippen molar-refractivity contribution >= 4 is 17.9 Å². The van der Waals surface area contributed by atoms with Gasteiger partial charge in [-0.2, -0.15) is 0 Å². The van der Waals surface area contributed by atoms with E-state index in [1.54, 1.807) is 0 Å². The first-order chi connectivity index (χ1) is 39.0. The first-order valence-electron chi connectivity index (χ1n) is 32.7. The second-order valence-corrected chi connectivity index (χ2v) is 21.3. The lowest BCUT2D eigenvalue weighted by molar-refractivity contribution is -0.167. The molecule has 0 rings (SSSR count). The van der Waals surface area contributed by atoms with Gasteiger partial charge in [-0.3, -0.25) is 14.4 Å². The van der Waals surface area contributed by atoms with Gasteiger partial charge in [0.1, 0.15) is 13.2 Å². The molecule has 0 aromatic rings. The van der Waals surface area contributed by atoms with Gasteiger partial charge in [0, 0.05) is 19.3 Å². The van der Waals surface area contributed by atoms with E-state index in [4.69, 9.17) is 14.2 Å². The van der Waals surface area contributed by atoms with Crippen molar-refractivity contribution < 1.29 is 28.6 Å². The molecule has 0 N–H and O–H groups in total. The van der Waals surface area contributed by atoms with Crippen LogP contribution in [0.25, 0.3) is 0 Å². The van der Waals surface area contributed by atoms with Crippen molar-refractivity contribution in [2.75, 3.05) is 13.2 Å². The zero-order valence-corrected chi connectivity index (χ0v) is 51.3. The Balaban J connectivity index is 4.48. The number of carbonyl (C=O) groups is 3. The van der Waals surface area contributed by atoms with Crippen molar-refractivity contribution in [2.45, 2.75) is 297 Å². The molecule has 0 aliphatic heterocycles. The molecule has 448 valence electrons. The molecule has 6 heteroatoms. The molecule has 1 atom stereocenters. The Hall–Kier alpha value is -4.45. The van der Waals surface area contributed by atoms with Crippen LogP contribution in [-0.4, -0.2) is 37.2 Å². The number of unbranched alkanes of at least 4 members (excludes halogenated alkanes) is 25. The van der Waals surface area contributed by atoms with Crippen LogP contribution < -0.4 is 0 Å². The third kappa shape index (κ3) is 64.3. The summed E-state index contributed by atoms with van der Waals surface area (Å²) in [7, 11) is 0. The van der Waals surface area contributed by atoms with Gasteiger partial charge in [0.05, 0.1) is 0 Å². The van der Waals surface area contributed by atoms with Crippen LogP contribution in [0.3, 0.4) is 0 Å². The molecule has 0 spiro atoms. The van der Waals surface area contributed by atoms with E-state index in [2.05, 4.69) is 154 Å². The van der Waals surface area contributed by atoms with E-state index in [0.717, 1.165) is 135 Å². The monoisotopic (exact) mass is 1090 g/mol. The van der Waals surface area contributed by atoms with Crippen molar-refractivity contribution in [1.29, 1.82) is 0 Å². The third-order valence-electron chi connectivity index (χ3n) is 13.6. The second-order valence-electron chi connectivity index (χ2n) is 21.3. The summed E-state index contributed by atoms with van der Waals surface area (Å²) in [5.41, 5.74) is 0. The van der Waals surface area contributed by atoms with E-state index in [-0.39, 0.29) is 31.1 Å². The smallest absolute Gasteiger partial charge is 0.306 e. The molecular weight excluding hydrogens is 973 g/mol. The van der Waals surface area contributed by atoms with Gasteiger partial charge in [-0.15, -0.1) is 0 Å². The Kier molecular flexibility index (Phi) is 62.3. The Morgan fingerprint density at radius 2 is 0.494 bits per heavy atom. The van der Waals surface area contributed by atoms with Crippen LogP contribution >= 0.6 is 0 Å². The van der Waals surface area contributed by atoms with E-state index in [0.29, 0.717) is 19.3 Å². The molecule has 1 unspecified atom stereocenters. The topological polar surface area (TPSA) is 78.9 Å². The number of esters is 3. The van der Waals surface area contributed by atoms with Crippen LogP contribution in [0.5, 0.6) is 0 Å². The normalized spacial score (nSPS) is 13.0. The van der Waals surface area contributed by atoms with Crippen LogP contribution in [-0.2, 0) is 28.6 Å². The first kappa shape index (κ1) is 74.5. The van der Waals surface area contributed by atoms with E-state index < -0.39 is 6.10 Å². The average Bonchev–Trinajstić information content (AvgIpc) is 3.45. The van der Waals surface area contributed by atoms with Gasteiger partial charge in [0.15, 0.2) is 6.10 Å². The van der Waals surface area contributed by atoms with E-state index in [1.165, 1.54) is 116 Å². The molecule has 0 aromatic carbocycles. The Morgan fingerprint density at radius 3 is 0.785 bits per heavy atom. The summed E-state index contributed by atoms with van der Waals surface area (Å²) in [6.45, 7) is 6.38. The maximum Gasteiger partial charge on any atom is 0.306 e. The van der Waals surface area contributed by atoms with Crippen molar-refractivity contribution in [2.24, 2.45) is 0 Å². The number of hydrogen-bond acceptors (Lipinski definition) is 6. The molecule has 0 amide bonds. The maximum absolute atomic E-state index is 12.9. The third-order valence-corrected chi connectivity index (χ3v) is 13.6. The van der Waals surface area contributed by atoms with Gasteiger partial charge < -0.3 is 14.2 Å². The molecule has 0 saturated carbocycles. The zero-order valence-electron chi connectivity index (χ0n) is 51.3. The first-order valence-corrected chi connectivity index (χ1v) is 32.7. The largest absolute Gasteiger partial charge is 0.462 e. The minimum Gasteiger partial charge on any atom is -0.462 e. The molecule has 0 aliphatic rings. The molecule has 79 heavy (non-hydrogen) atoms. The summed E-state index contributed by atoms with van der Waals surface area (Å²) in [6.07, 6.45) is 93.1. The molecule has 0 radical (unpaired) electrons. The fraction of sp³-hybridized carbons (Fsp3) is 0.658. The summed E-state index contributed by atoms with van der Waals surface area (Å²) < 4.78 is 16.9. The van der Waals surface area contributed by atoms with Gasteiger partial charge in [0.2, 0.25) is 0 Å². The lowest BCUT2D eigenvalue weighted by Crippen LogP contribution is -2.30. The molecule has 0 aliphatic carbocycles. The molecule has 0 aromatic heterocycles. The van der Waals surface area contributed by atoms with Crippen molar-refractivity contribution in [1.82, 2.24) is 0 Å². The molecule has 6 nitrogen and oxygen atoms in total. The highest BCUT2D eigenvalue weighted by atomic mass is 16.6. The van der Waals surface area contributed by atoms with Gasteiger partial charge in [0.25, 0.3) is 0 Å². The summed E-state index contributed by atoms with van der Waals surface area (Å²) >= 11 is 0. The number of rotatable bonds is 58. The fourth-order valence-corrected chi connectivity index (χ4v) is 8.79. The SMILES string of the molecule is CC/C=C\C/C=C\C/C=C\C/C=C\C/C=C\CCCCCC(=O)OCC(COC(=O)CCCCCCCCCC/C=C\C/C=C\C/C=C\C/C=C\CC)OC(=O)CCCCCCCCCCC/C=C\C/C=C\CCCCCCC. The zero-order chi connectivity index (χ0) is 57.1. The highest BCUT2D eigenvalue weighted by molar-refractivity contribution is 5.71. The quantitative estimate of drug-likeness (QED) is 0.0261. The fourth-order valence-electron chi connectivity index (χ4n) is 8.79. The number of hydrogen-bond donors (Lipinski definition) is 0. The summed E-state index contributed by atoms with van der Waals surface area (Å²) in [5, 5.41) is 0. The van der Waals surface area contributed by atoms with Crippen LogP contribution in [0.15, 0.2) is 134 Å². The highest BCUT2D eigenvalue weighted by Gasteiger charge is 2.19. The number of allylic oxidation sites excluding steroid dienone is 22. The molecule has 0 bridgehead atoms. The van der Waals surface area contributed by atoms with E-state index in [9.17, 15) is 14.4 Å². The Bertz CT molecular complexity index is 1680. The minimum atomic E-state index is -0.805. The van der Waals surface area contributed by atoms with Crippen molar-refractivity contribution in [3.8, 4) is 0 Å². The maximum atomic E-state index is 12.9. The Labute approximate surface area is 487 Å². The minimum absolute atomic E-state index is 0.0983. The van der Waals surface area contributed by atoms with E-state index in [1.807, 2.05) is 0 Å². The van der Waals surface area contributed by atoms with Crippen LogP contribution in [0.4, 0.5) is 0 Å². The van der Waals surface area contributed by atoms with Crippen LogP contribution in [0.2, 0.25) is 0 Å². The molecule has 0 saturated heterocycles. The Morgan fingerprint density at radius 1 is 0.266 bits per heavy atom. The standard InChI is InChI=1S/C73H120O6/c1-4-7-10-13-16-19-22-25-28-31-34-36-39-42-45-48-51-54-57-60-63-66-72(75)78-69-70(68-77-71(74)65-62-59-56-53-50-47-44-41-38-33-30-27-24-21-18-15-12-9-6-3)79-73(76)67-64-61-58-55-52-49-46-43-40-37-35-32-29-26-23-20-17-14-11-8-5-2/h7,9-10,12,16,18-19,21,23,25-28,30,32,34-36,38,41,47,50,70H,4-6,8,11,13-15,17,20,22,24,29,31,33,37,39-40,42-46,48-49,51-69H2,1-3H3/b10-7-,12-9-,19-16-,21-18-,26-23-,28-25-,30-27-,35-32-,36-34-,41-38-,50-47-.